The lowest BCUT2D eigenvalue weighted by atomic mass is 10.1. The van der Waals surface area contributed by atoms with Crippen LogP contribution in [0.2, 0.25) is 5.02 Å². The summed E-state index contributed by atoms with van der Waals surface area (Å²) >= 11 is 5.92. The number of hydrogen-bond donors (Lipinski definition) is 1. The Hall–Kier alpha value is -2.89. The summed E-state index contributed by atoms with van der Waals surface area (Å²) in [5, 5.41) is 3.64. The molecule has 0 bridgehead atoms. The number of hydrogen-bond acceptors (Lipinski definition) is 3. The molecule has 4 rings (SSSR count). The second-order valence-electron chi connectivity index (χ2n) is 8.22. The zero-order valence-electron chi connectivity index (χ0n) is 18.1. The summed E-state index contributed by atoms with van der Waals surface area (Å²) in [6.07, 6.45) is 0. The number of halogens is 2. The van der Waals surface area contributed by atoms with Crippen LogP contribution in [-0.2, 0) is 13.1 Å². The van der Waals surface area contributed by atoms with E-state index in [1.54, 1.807) is 24.3 Å². The molecule has 0 spiro atoms. The number of piperazine rings is 1. The van der Waals surface area contributed by atoms with E-state index in [1.807, 2.05) is 24.3 Å². The second-order valence-corrected chi connectivity index (χ2v) is 8.66. The number of para-hydroxylation sites is 1. The van der Waals surface area contributed by atoms with Crippen molar-refractivity contribution in [3.8, 4) is 0 Å². The van der Waals surface area contributed by atoms with E-state index >= 15 is 0 Å². The molecule has 3 aromatic rings. The molecule has 3 aromatic carbocycles. The lowest BCUT2D eigenvalue weighted by Crippen LogP contribution is -2.52. The minimum absolute atomic E-state index is 0.117. The smallest absolute Gasteiger partial charge is 0.251 e. The highest BCUT2D eigenvalue weighted by Gasteiger charge is 2.25. The average molecular weight is 452 g/mol. The van der Waals surface area contributed by atoms with Gasteiger partial charge in [-0.05, 0) is 60.5 Å². The van der Waals surface area contributed by atoms with Gasteiger partial charge in [-0.15, -0.1) is 0 Å². The van der Waals surface area contributed by atoms with Gasteiger partial charge in [0.1, 0.15) is 5.82 Å². The SMILES string of the molecule is CC1CN(Cc2ccc(F)cc2)CCN1c1ccccc1CNC(=O)c1ccc(Cl)cc1. The summed E-state index contributed by atoms with van der Waals surface area (Å²) in [6, 6.07) is 22.2. The molecule has 0 saturated carbocycles. The predicted molar refractivity (Wildman–Crippen MR) is 128 cm³/mol. The largest absolute Gasteiger partial charge is 0.366 e. The zero-order valence-corrected chi connectivity index (χ0v) is 18.9. The van der Waals surface area contributed by atoms with Gasteiger partial charge in [-0.2, -0.15) is 0 Å². The van der Waals surface area contributed by atoms with E-state index < -0.39 is 0 Å². The lowest BCUT2D eigenvalue weighted by molar-refractivity contribution is 0.0951. The summed E-state index contributed by atoms with van der Waals surface area (Å²) in [5.74, 6) is -0.319. The number of benzene rings is 3. The van der Waals surface area contributed by atoms with Crippen molar-refractivity contribution in [2.24, 2.45) is 0 Å². The Morgan fingerprint density at radius 1 is 1.03 bits per heavy atom. The number of rotatable bonds is 6. The van der Waals surface area contributed by atoms with Crippen molar-refractivity contribution >= 4 is 23.2 Å². The third kappa shape index (κ3) is 5.47. The molecule has 6 heteroatoms. The highest BCUT2D eigenvalue weighted by molar-refractivity contribution is 6.30. The van der Waals surface area contributed by atoms with Gasteiger partial charge in [0.15, 0.2) is 0 Å². The van der Waals surface area contributed by atoms with Crippen molar-refractivity contribution in [3.63, 3.8) is 0 Å². The van der Waals surface area contributed by atoms with Crippen LogP contribution < -0.4 is 10.2 Å². The zero-order chi connectivity index (χ0) is 22.5. The van der Waals surface area contributed by atoms with Gasteiger partial charge in [-0.25, -0.2) is 4.39 Å². The van der Waals surface area contributed by atoms with Gasteiger partial charge < -0.3 is 10.2 Å². The molecule has 1 unspecified atom stereocenters. The van der Waals surface area contributed by atoms with Crippen molar-refractivity contribution in [2.75, 3.05) is 24.5 Å². The Kier molecular flexibility index (Phi) is 7.08. The van der Waals surface area contributed by atoms with Crippen LogP contribution in [0.3, 0.4) is 0 Å². The number of anilines is 1. The maximum absolute atomic E-state index is 13.2. The minimum atomic E-state index is -0.202. The first kappa shape index (κ1) is 22.3. The fourth-order valence-corrected chi connectivity index (χ4v) is 4.33. The summed E-state index contributed by atoms with van der Waals surface area (Å²) in [6.45, 7) is 6.23. The Morgan fingerprint density at radius 2 is 1.75 bits per heavy atom. The first-order valence-corrected chi connectivity index (χ1v) is 11.2. The molecule has 0 aromatic heterocycles. The second kappa shape index (κ2) is 10.2. The predicted octanol–water partition coefficient (Wildman–Crippen LogP) is 5.12. The first-order chi connectivity index (χ1) is 15.5. The number of nitrogens with zero attached hydrogens (tertiary/aromatic N) is 2. The summed E-state index contributed by atoms with van der Waals surface area (Å²) in [4.78, 5) is 17.3. The van der Waals surface area contributed by atoms with Crippen LogP contribution in [-0.4, -0.2) is 36.5 Å². The van der Waals surface area contributed by atoms with Gasteiger partial charge in [0.2, 0.25) is 0 Å². The Balaban J connectivity index is 1.39. The molecule has 4 nitrogen and oxygen atoms in total. The monoisotopic (exact) mass is 451 g/mol. The number of carbonyl (C=O) groups is 1. The number of amides is 1. The molecule has 32 heavy (non-hydrogen) atoms. The molecule has 1 saturated heterocycles. The van der Waals surface area contributed by atoms with E-state index in [2.05, 4.69) is 34.2 Å². The van der Waals surface area contributed by atoms with Crippen molar-refractivity contribution in [1.82, 2.24) is 10.2 Å². The molecule has 0 aliphatic carbocycles. The van der Waals surface area contributed by atoms with Gasteiger partial charge >= 0.3 is 0 Å². The van der Waals surface area contributed by atoms with Crippen molar-refractivity contribution in [2.45, 2.75) is 26.1 Å². The van der Waals surface area contributed by atoms with Gasteiger partial charge in [-0.1, -0.05) is 41.9 Å². The molecule has 166 valence electrons. The quantitative estimate of drug-likeness (QED) is 0.565. The molecule has 1 aliphatic heterocycles. The van der Waals surface area contributed by atoms with Crippen LogP contribution in [0.1, 0.15) is 28.4 Å². The summed E-state index contributed by atoms with van der Waals surface area (Å²) < 4.78 is 13.2. The maximum Gasteiger partial charge on any atom is 0.251 e. The molecule has 0 radical (unpaired) electrons. The lowest BCUT2D eigenvalue weighted by Gasteiger charge is -2.42. The molecule has 1 fully saturated rings. The van der Waals surface area contributed by atoms with E-state index in [0.717, 1.165) is 43.0 Å². The molecule has 1 heterocycles. The fraction of sp³-hybridized carbons (Fsp3) is 0.269. The molecule has 1 atom stereocenters. The Bertz CT molecular complexity index is 1060. The van der Waals surface area contributed by atoms with Crippen LogP contribution in [0.5, 0.6) is 0 Å². The number of carbonyl (C=O) groups excluding carboxylic acids is 1. The molecule has 1 N–H and O–H groups in total. The normalized spacial score (nSPS) is 16.7. The molecule has 1 aliphatic rings. The van der Waals surface area contributed by atoms with Crippen LogP contribution in [0.4, 0.5) is 10.1 Å². The maximum atomic E-state index is 13.2. The Morgan fingerprint density at radius 3 is 2.47 bits per heavy atom. The van der Waals surface area contributed by atoms with Gasteiger partial charge in [0.05, 0.1) is 0 Å². The van der Waals surface area contributed by atoms with Crippen molar-refractivity contribution in [1.29, 1.82) is 0 Å². The van der Waals surface area contributed by atoms with Crippen molar-refractivity contribution in [3.05, 3.63) is 100 Å². The van der Waals surface area contributed by atoms with E-state index in [0.29, 0.717) is 23.2 Å². The molecular formula is C26H27ClFN3O. The van der Waals surface area contributed by atoms with Gasteiger partial charge in [-0.3, -0.25) is 9.69 Å². The molecule has 1 amide bonds. The van der Waals surface area contributed by atoms with E-state index in [-0.39, 0.29) is 11.7 Å². The summed E-state index contributed by atoms with van der Waals surface area (Å²) in [5.41, 5.74) is 3.96. The third-order valence-corrected chi connectivity index (χ3v) is 6.13. The van der Waals surface area contributed by atoms with Crippen LogP contribution in [0.15, 0.2) is 72.8 Å². The molecular weight excluding hydrogens is 425 g/mol. The first-order valence-electron chi connectivity index (χ1n) is 10.8. The van der Waals surface area contributed by atoms with E-state index in [9.17, 15) is 9.18 Å². The fourth-order valence-electron chi connectivity index (χ4n) is 4.20. The minimum Gasteiger partial charge on any atom is -0.366 e. The topological polar surface area (TPSA) is 35.6 Å². The van der Waals surface area contributed by atoms with Crippen LogP contribution in [0, 0.1) is 5.82 Å². The van der Waals surface area contributed by atoms with Gasteiger partial charge in [0, 0.05) is 55.0 Å². The van der Waals surface area contributed by atoms with E-state index in [1.165, 1.54) is 12.1 Å². The van der Waals surface area contributed by atoms with Gasteiger partial charge in [0.25, 0.3) is 5.91 Å². The standard InChI is InChI=1S/C26H27ClFN3O/c1-19-17-30(18-20-6-12-24(28)13-7-20)14-15-31(19)25-5-3-2-4-22(25)16-29-26(32)21-8-10-23(27)11-9-21/h2-13,19H,14-18H2,1H3,(H,29,32). The Labute approximate surface area is 193 Å². The highest BCUT2D eigenvalue weighted by atomic mass is 35.5. The number of nitrogens with one attached hydrogen (secondary N) is 1. The van der Waals surface area contributed by atoms with E-state index in [4.69, 9.17) is 11.6 Å². The van der Waals surface area contributed by atoms with Crippen LogP contribution in [0.25, 0.3) is 0 Å². The third-order valence-electron chi connectivity index (χ3n) is 5.88. The average Bonchev–Trinajstić information content (AvgIpc) is 2.80. The van der Waals surface area contributed by atoms with Crippen LogP contribution >= 0.6 is 11.6 Å². The summed E-state index contributed by atoms with van der Waals surface area (Å²) in [7, 11) is 0. The van der Waals surface area contributed by atoms with Crippen molar-refractivity contribution < 1.29 is 9.18 Å². The highest BCUT2D eigenvalue weighted by Crippen LogP contribution is 2.26.